The van der Waals surface area contributed by atoms with E-state index < -0.39 is 0 Å². The molecule has 2 aliphatic rings. The van der Waals surface area contributed by atoms with Gasteiger partial charge in [-0.15, -0.1) is 0 Å². The summed E-state index contributed by atoms with van der Waals surface area (Å²) in [4.78, 5) is 26.4. The van der Waals surface area contributed by atoms with E-state index >= 15 is 0 Å². The molecule has 2 amide bonds. The minimum Gasteiger partial charge on any atom is -0.361 e. The minimum absolute atomic E-state index is 0.00714. The number of rotatable bonds is 8. The summed E-state index contributed by atoms with van der Waals surface area (Å²) in [6.07, 6.45) is 3.38. The lowest BCUT2D eigenvalue weighted by atomic mass is 9.57. The van der Waals surface area contributed by atoms with E-state index in [1.54, 1.807) is 0 Å². The van der Waals surface area contributed by atoms with Crippen molar-refractivity contribution in [1.29, 1.82) is 0 Å². The molecule has 0 bridgehead atoms. The third-order valence-corrected chi connectivity index (χ3v) is 5.59. The SMILES string of the molecule is CC.CC(C)Cc1cc(CC(=O)NCC2CC3(C2)CN(CC(=O)NC(C)(C)C)C3)on1. The lowest BCUT2D eigenvalue weighted by Gasteiger charge is -2.59. The van der Waals surface area contributed by atoms with Gasteiger partial charge in [-0.05, 0) is 57.3 Å². The van der Waals surface area contributed by atoms with Gasteiger partial charge >= 0.3 is 0 Å². The molecule has 1 saturated heterocycles. The molecule has 2 fully saturated rings. The largest absolute Gasteiger partial charge is 0.361 e. The molecule has 1 aromatic heterocycles. The summed E-state index contributed by atoms with van der Waals surface area (Å²) in [5, 5.41) is 10.1. The Morgan fingerprint density at radius 1 is 1.23 bits per heavy atom. The van der Waals surface area contributed by atoms with Gasteiger partial charge in [0.15, 0.2) is 0 Å². The van der Waals surface area contributed by atoms with E-state index in [0.717, 1.165) is 44.6 Å². The van der Waals surface area contributed by atoms with E-state index in [-0.39, 0.29) is 23.8 Å². The highest BCUT2D eigenvalue weighted by Gasteiger charge is 2.52. The maximum Gasteiger partial charge on any atom is 0.234 e. The highest BCUT2D eigenvalue weighted by molar-refractivity contribution is 5.79. The van der Waals surface area contributed by atoms with Crippen LogP contribution in [0, 0.1) is 17.3 Å². The fraction of sp³-hybridized carbons (Fsp3) is 0.792. The van der Waals surface area contributed by atoms with E-state index in [9.17, 15) is 9.59 Å². The molecule has 0 aromatic carbocycles. The average molecular weight is 435 g/mol. The summed E-state index contributed by atoms with van der Waals surface area (Å²) in [5.74, 6) is 1.77. The summed E-state index contributed by atoms with van der Waals surface area (Å²) < 4.78 is 5.27. The monoisotopic (exact) mass is 434 g/mol. The molecule has 1 saturated carbocycles. The van der Waals surface area contributed by atoms with Gasteiger partial charge in [0.1, 0.15) is 5.76 Å². The lowest BCUT2D eigenvalue weighted by Crippen LogP contribution is -2.64. The van der Waals surface area contributed by atoms with Crippen LogP contribution in [0.25, 0.3) is 0 Å². The van der Waals surface area contributed by atoms with Crippen molar-refractivity contribution < 1.29 is 14.1 Å². The van der Waals surface area contributed by atoms with Gasteiger partial charge in [-0.2, -0.15) is 0 Å². The van der Waals surface area contributed by atoms with Crippen molar-refractivity contribution in [2.75, 3.05) is 26.2 Å². The van der Waals surface area contributed by atoms with Crippen LogP contribution < -0.4 is 10.6 Å². The number of nitrogens with zero attached hydrogens (tertiary/aromatic N) is 2. The van der Waals surface area contributed by atoms with Crippen LogP contribution >= 0.6 is 0 Å². The van der Waals surface area contributed by atoms with Crippen LogP contribution in [0.15, 0.2) is 10.6 Å². The van der Waals surface area contributed by atoms with E-state index in [0.29, 0.717) is 29.6 Å². The molecule has 1 aliphatic heterocycles. The summed E-state index contributed by atoms with van der Waals surface area (Å²) >= 11 is 0. The molecule has 1 spiro atoms. The van der Waals surface area contributed by atoms with E-state index in [1.807, 2.05) is 40.7 Å². The minimum atomic E-state index is -0.179. The number of hydrogen-bond donors (Lipinski definition) is 2. The highest BCUT2D eigenvalue weighted by Crippen LogP contribution is 2.51. The molecule has 7 nitrogen and oxygen atoms in total. The summed E-state index contributed by atoms with van der Waals surface area (Å²) in [5.41, 5.74) is 1.10. The van der Waals surface area contributed by atoms with Crippen LogP contribution in [-0.2, 0) is 22.4 Å². The molecule has 3 rings (SSSR count). The third kappa shape index (κ3) is 7.95. The fourth-order valence-corrected chi connectivity index (χ4v) is 4.68. The third-order valence-electron chi connectivity index (χ3n) is 5.59. The number of carbonyl (C=O) groups excluding carboxylic acids is 2. The second kappa shape index (κ2) is 10.6. The van der Waals surface area contributed by atoms with Crippen LogP contribution in [0.1, 0.15) is 72.8 Å². The Kier molecular flexibility index (Phi) is 8.69. The molecule has 176 valence electrons. The first-order valence-corrected chi connectivity index (χ1v) is 11.8. The van der Waals surface area contributed by atoms with Gasteiger partial charge in [0.25, 0.3) is 0 Å². The predicted molar refractivity (Wildman–Crippen MR) is 123 cm³/mol. The van der Waals surface area contributed by atoms with Gasteiger partial charge in [0, 0.05) is 31.2 Å². The lowest BCUT2D eigenvalue weighted by molar-refractivity contribution is -0.134. The van der Waals surface area contributed by atoms with E-state index in [4.69, 9.17) is 4.52 Å². The first kappa shape index (κ1) is 25.4. The van der Waals surface area contributed by atoms with Crippen LogP contribution in [0.2, 0.25) is 0 Å². The first-order valence-electron chi connectivity index (χ1n) is 11.8. The molecule has 2 heterocycles. The second-order valence-electron chi connectivity index (χ2n) is 10.6. The Morgan fingerprint density at radius 2 is 1.87 bits per heavy atom. The van der Waals surface area contributed by atoms with Gasteiger partial charge < -0.3 is 15.2 Å². The van der Waals surface area contributed by atoms with Crippen LogP contribution in [-0.4, -0.2) is 53.6 Å². The zero-order chi connectivity index (χ0) is 23.2. The molecule has 0 unspecified atom stereocenters. The Morgan fingerprint density at radius 3 is 2.45 bits per heavy atom. The van der Waals surface area contributed by atoms with Crippen LogP contribution in [0.3, 0.4) is 0 Å². The van der Waals surface area contributed by atoms with Gasteiger partial charge in [0.2, 0.25) is 11.8 Å². The standard InChI is InChI=1S/C22H36N4O3.C2H6/c1-15(2)6-17-7-18(29-25-17)8-19(27)23-11-16-9-22(10-16)13-26(14-22)12-20(28)24-21(3,4)5;1-2/h7,15-16H,6,8-14H2,1-5H3,(H,23,27)(H,24,28);1-2H3. The molecular formula is C24H42N4O3. The van der Waals surface area contributed by atoms with Crippen LogP contribution in [0.5, 0.6) is 0 Å². The fourth-order valence-electron chi connectivity index (χ4n) is 4.68. The van der Waals surface area contributed by atoms with Crippen molar-refractivity contribution in [2.24, 2.45) is 17.3 Å². The number of hydrogen-bond acceptors (Lipinski definition) is 5. The Labute approximate surface area is 187 Å². The molecular weight excluding hydrogens is 392 g/mol. The molecule has 7 heteroatoms. The number of likely N-dealkylation sites (tertiary alicyclic amines) is 1. The topological polar surface area (TPSA) is 87.5 Å². The molecule has 1 aliphatic carbocycles. The van der Waals surface area contributed by atoms with E-state index in [2.05, 4.69) is 34.5 Å². The predicted octanol–water partition coefficient (Wildman–Crippen LogP) is 3.18. The van der Waals surface area contributed by atoms with Crippen molar-refractivity contribution in [1.82, 2.24) is 20.7 Å². The summed E-state index contributed by atoms with van der Waals surface area (Å²) in [7, 11) is 0. The average Bonchev–Trinajstić information content (AvgIpc) is 3.01. The van der Waals surface area contributed by atoms with Gasteiger partial charge in [0.05, 0.1) is 18.7 Å². The van der Waals surface area contributed by atoms with Gasteiger partial charge in [-0.25, -0.2) is 0 Å². The quantitative estimate of drug-likeness (QED) is 0.656. The number of nitrogens with one attached hydrogen (secondary N) is 2. The second-order valence-corrected chi connectivity index (χ2v) is 10.6. The maximum atomic E-state index is 12.2. The Balaban J connectivity index is 0.00000166. The Hall–Kier alpha value is -1.89. The maximum absolute atomic E-state index is 12.2. The van der Waals surface area contributed by atoms with Crippen molar-refractivity contribution in [3.8, 4) is 0 Å². The van der Waals surface area contributed by atoms with Crippen LogP contribution in [0.4, 0.5) is 0 Å². The van der Waals surface area contributed by atoms with Crippen molar-refractivity contribution in [3.63, 3.8) is 0 Å². The highest BCUT2D eigenvalue weighted by atomic mass is 16.5. The molecule has 0 atom stereocenters. The molecule has 1 aromatic rings. The van der Waals surface area contributed by atoms with Gasteiger partial charge in [-0.1, -0.05) is 32.9 Å². The van der Waals surface area contributed by atoms with Crippen molar-refractivity contribution in [3.05, 3.63) is 17.5 Å². The smallest absolute Gasteiger partial charge is 0.234 e. The van der Waals surface area contributed by atoms with E-state index in [1.165, 1.54) is 0 Å². The number of aromatic nitrogens is 1. The first-order chi connectivity index (χ1) is 14.5. The zero-order valence-corrected chi connectivity index (χ0v) is 20.5. The zero-order valence-electron chi connectivity index (χ0n) is 20.5. The molecule has 31 heavy (non-hydrogen) atoms. The van der Waals surface area contributed by atoms with Gasteiger partial charge in [-0.3, -0.25) is 14.5 Å². The molecule has 0 radical (unpaired) electrons. The Bertz CT molecular complexity index is 721. The van der Waals surface area contributed by atoms with Crippen molar-refractivity contribution in [2.45, 2.75) is 79.7 Å². The normalized spacial score (nSPS) is 18.1. The number of amides is 2. The summed E-state index contributed by atoms with van der Waals surface area (Å²) in [6.45, 7) is 17.5. The molecule has 2 N–H and O–H groups in total. The summed E-state index contributed by atoms with van der Waals surface area (Å²) in [6, 6.07) is 1.89. The van der Waals surface area contributed by atoms with Crippen molar-refractivity contribution >= 4 is 11.8 Å². The number of carbonyl (C=O) groups is 2.